The minimum atomic E-state index is -0.273. The van der Waals surface area contributed by atoms with Crippen molar-refractivity contribution in [3.8, 4) is 0 Å². The minimum absolute atomic E-state index is 0.0678. The molecule has 0 radical (unpaired) electrons. The van der Waals surface area contributed by atoms with E-state index in [1.807, 2.05) is 4.90 Å². The van der Waals surface area contributed by atoms with E-state index in [9.17, 15) is 9.18 Å². The van der Waals surface area contributed by atoms with Crippen LogP contribution in [0, 0.1) is 11.7 Å². The minimum Gasteiger partial charge on any atom is -0.346 e. The van der Waals surface area contributed by atoms with E-state index < -0.39 is 0 Å². The van der Waals surface area contributed by atoms with Crippen molar-refractivity contribution in [1.82, 2.24) is 4.98 Å². The summed E-state index contributed by atoms with van der Waals surface area (Å²) < 4.78 is 14.1. The van der Waals surface area contributed by atoms with E-state index in [1.165, 1.54) is 23.5 Å². The quantitative estimate of drug-likeness (QED) is 0.691. The van der Waals surface area contributed by atoms with Gasteiger partial charge in [0.05, 0.1) is 26.2 Å². The number of thiazole rings is 1. The van der Waals surface area contributed by atoms with Gasteiger partial charge in [-0.25, -0.2) is 9.37 Å². The van der Waals surface area contributed by atoms with Crippen LogP contribution in [0.1, 0.15) is 0 Å². The van der Waals surface area contributed by atoms with E-state index in [0.29, 0.717) is 28.8 Å². The first-order valence-corrected chi connectivity index (χ1v) is 9.14. The number of nitrogens with one attached hydrogen (secondary N) is 1. The molecule has 1 aromatic heterocycles. The highest BCUT2D eigenvalue weighted by Gasteiger charge is 2.34. The molecule has 4 rings (SSSR count). The zero-order chi connectivity index (χ0) is 17.6. The average molecular weight is 396 g/mol. The molecular weight excluding hydrogens is 384 g/mol. The van der Waals surface area contributed by atoms with Crippen LogP contribution >= 0.6 is 34.5 Å². The molecule has 4 nitrogen and oxygen atoms in total. The number of nitrogens with zero attached hydrogens (tertiary/aromatic N) is 2. The molecule has 1 saturated heterocycles. The van der Waals surface area contributed by atoms with Gasteiger partial charge in [0.15, 0.2) is 5.13 Å². The van der Waals surface area contributed by atoms with E-state index in [4.69, 9.17) is 23.2 Å². The summed E-state index contributed by atoms with van der Waals surface area (Å²) in [4.78, 5) is 18.8. The largest absolute Gasteiger partial charge is 0.346 e. The van der Waals surface area contributed by atoms with E-state index in [1.54, 1.807) is 24.3 Å². The second-order valence-electron chi connectivity index (χ2n) is 5.83. The Morgan fingerprint density at radius 1 is 1.20 bits per heavy atom. The first-order valence-electron chi connectivity index (χ1n) is 7.56. The maximum Gasteiger partial charge on any atom is 0.231 e. The van der Waals surface area contributed by atoms with Gasteiger partial charge in [-0.3, -0.25) is 4.79 Å². The number of amides is 1. The van der Waals surface area contributed by atoms with Crippen molar-refractivity contribution in [2.75, 3.05) is 23.3 Å². The maximum absolute atomic E-state index is 13.3. The summed E-state index contributed by atoms with van der Waals surface area (Å²) in [5.41, 5.74) is 1.39. The lowest BCUT2D eigenvalue weighted by atomic mass is 10.00. The summed E-state index contributed by atoms with van der Waals surface area (Å²) in [6.45, 7) is 1.16. The Morgan fingerprint density at radius 2 is 2.00 bits per heavy atom. The second kappa shape index (κ2) is 6.44. The molecule has 0 bridgehead atoms. The van der Waals surface area contributed by atoms with Crippen molar-refractivity contribution in [3.05, 3.63) is 52.3 Å². The van der Waals surface area contributed by atoms with E-state index in [-0.39, 0.29) is 17.6 Å². The third kappa shape index (κ3) is 3.29. The number of carbonyl (C=O) groups excluding carboxylic acids is 1. The number of fused-ring (bicyclic) bond motifs is 1. The molecule has 0 saturated carbocycles. The van der Waals surface area contributed by atoms with Crippen molar-refractivity contribution >= 4 is 61.5 Å². The average Bonchev–Trinajstić information content (AvgIpc) is 2.92. The number of carbonyl (C=O) groups is 1. The number of rotatable bonds is 3. The molecule has 0 spiro atoms. The zero-order valence-electron chi connectivity index (χ0n) is 12.8. The number of hydrogen-bond acceptors (Lipinski definition) is 4. The molecule has 25 heavy (non-hydrogen) atoms. The van der Waals surface area contributed by atoms with E-state index >= 15 is 0 Å². The molecular formula is C17H12Cl2FN3OS. The maximum atomic E-state index is 13.3. The molecule has 2 aromatic carbocycles. The molecule has 1 fully saturated rings. The Hall–Kier alpha value is -1.89. The van der Waals surface area contributed by atoms with Crippen molar-refractivity contribution in [2.45, 2.75) is 0 Å². The lowest BCUT2D eigenvalue weighted by molar-refractivity contribution is -0.120. The predicted octanol–water partition coefficient (Wildman–Crippen LogP) is 4.82. The Labute approximate surface area is 157 Å². The van der Waals surface area contributed by atoms with E-state index in [0.717, 1.165) is 15.3 Å². The van der Waals surface area contributed by atoms with Crippen LogP contribution in [0.5, 0.6) is 0 Å². The molecule has 0 atom stereocenters. The molecule has 0 unspecified atom stereocenters. The zero-order valence-corrected chi connectivity index (χ0v) is 15.1. The lowest BCUT2D eigenvalue weighted by Gasteiger charge is -2.37. The number of halogens is 3. The second-order valence-corrected chi connectivity index (χ2v) is 7.65. The normalized spacial score (nSPS) is 14.6. The van der Waals surface area contributed by atoms with Crippen molar-refractivity contribution < 1.29 is 9.18 Å². The van der Waals surface area contributed by atoms with Gasteiger partial charge in [-0.15, -0.1) is 0 Å². The highest BCUT2D eigenvalue weighted by atomic mass is 35.5. The number of benzene rings is 2. The van der Waals surface area contributed by atoms with Gasteiger partial charge in [0.2, 0.25) is 5.91 Å². The van der Waals surface area contributed by atoms with Gasteiger partial charge < -0.3 is 10.2 Å². The Morgan fingerprint density at radius 3 is 2.76 bits per heavy atom. The highest BCUT2D eigenvalue weighted by molar-refractivity contribution is 7.22. The van der Waals surface area contributed by atoms with Crippen molar-refractivity contribution in [1.29, 1.82) is 0 Å². The van der Waals surface area contributed by atoms with Crippen LogP contribution in [-0.2, 0) is 4.79 Å². The first kappa shape index (κ1) is 16.6. The number of anilines is 2. The first-order chi connectivity index (χ1) is 12.0. The van der Waals surface area contributed by atoms with Gasteiger partial charge in [-0.2, -0.15) is 0 Å². The number of aromatic nitrogens is 1. The summed E-state index contributed by atoms with van der Waals surface area (Å²) in [7, 11) is 0. The van der Waals surface area contributed by atoms with Crippen LogP contribution in [-0.4, -0.2) is 24.0 Å². The predicted molar refractivity (Wildman–Crippen MR) is 100 cm³/mol. The summed E-state index contributed by atoms with van der Waals surface area (Å²) in [5, 5.41) is 4.49. The standard InChI is InChI=1S/C17H12Cl2FN3OS/c18-12-3-2-11(6-13(12)19)21-16(24)9-7-23(8-9)17-22-14-4-1-10(20)5-15(14)25-17/h1-6,9H,7-8H2,(H,21,24). The third-order valence-corrected chi connectivity index (χ3v) is 5.87. The SMILES string of the molecule is O=C(Nc1ccc(Cl)c(Cl)c1)C1CN(c2nc3ccc(F)cc3s2)C1. The van der Waals surface area contributed by atoms with Crippen LogP contribution in [0.2, 0.25) is 10.0 Å². The molecule has 8 heteroatoms. The topological polar surface area (TPSA) is 45.2 Å². The van der Waals surface area contributed by atoms with Crippen LogP contribution in [0.15, 0.2) is 36.4 Å². The monoisotopic (exact) mass is 395 g/mol. The molecule has 2 heterocycles. The van der Waals surface area contributed by atoms with Gasteiger partial charge in [-0.1, -0.05) is 34.5 Å². The summed E-state index contributed by atoms with van der Waals surface area (Å²) in [5.74, 6) is -0.467. The molecule has 128 valence electrons. The smallest absolute Gasteiger partial charge is 0.231 e. The fraction of sp³-hybridized carbons (Fsp3) is 0.176. The van der Waals surface area contributed by atoms with Gasteiger partial charge in [0.1, 0.15) is 5.82 Å². The molecule has 3 aromatic rings. The molecule has 1 amide bonds. The van der Waals surface area contributed by atoms with Gasteiger partial charge in [0.25, 0.3) is 0 Å². The van der Waals surface area contributed by atoms with Crippen molar-refractivity contribution in [2.24, 2.45) is 5.92 Å². The molecule has 1 aliphatic heterocycles. The molecule has 1 N–H and O–H groups in total. The van der Waals surface area contributed by atoms with Crippen LogP contribution in [0.3, 0.4) is 0 Å². The van der Waals surface area contributed by atoms with Crippen LogP contribution in [0.4, 0.5) is 15.2 Å². The lowest BCUT2D eigenvalue weighted by Crippen LogP contribution is -2.52. The Balaban J connectivity index is 1.40. The van der Waals surface area contributed by atoms with Gasteiger partial charge in [-0.05, 0) is 36.4 Å². The fourth-order valence-electron chi connectivity index (χ4n) is 2.64. The fourth-order valence-corrected chi connectivity index (χ4v) is 3.95. The van der Waals surface area contributed by atoms with Crippen molar-refractivity contribution in [3.63, 3.8) is 0 Å². The van der Waals surface area contributed by atoms with Gasteiger partial charge in [0, 0.05) is 18.8 Å². The molecule has 0 aliphatic carbocycles. The van der Waals surface area contributed by atoms with Crippen LogP contribution < -0.4 is 10.2 Å². The highest BCUT2D eigenvalue weighted by Crippen LogP contribution is 2.33. The summed E-state index contributed by atoms with van der Waals surface area (Å²) in [6.07, 6.45) is 0. The summed E-state index contributed by atoms with van der Waals surface area (Å²) in [6, 6.07) is 9.52. The van der Waals surface area contributed by atoms with E-state index in [2.05, 4.69) is 10.3 Å². The van der Waals surface area contributed by atoms with Crippen LogP contribution in [0.25, 0.3) is 10.2 Å². The number of hydrogen-bond donors (Lipinski definition) is 1. The Kier molecular flexibility index (Phi) is 4.27. The molecule has 1 aliphatic rings. The Bertz CT molecular complexity index is 972. The summed E-state index contributed by atoms with van der Waals surface area (Å²) >= 11 is 13.2. The third-order valence-electron chi connectivity index (χ3n) is 4.05. The van der Waals surface area contributed by atoms with Gasteiger partial charge >= 0.3 is 0 Å².